The molecule has 6 heteroatoms. The van der Waals surface area contributed by atoms with Crippen LogP contribution in [-0.4, -0.2) is 37.5 Å². The molecule has 0 radical (unpaired) electrons. The van der Waals surface area contributed by atoms with Gasteiger partial charge in [0.25, 0.3) is 0 Å². The lowest BCUT2D eigenvalue weighted by atomic mass is 10.1. The number of piperazine rings is 1. The van der Waals surface area contributed by atoms with Crippen molar-refractivity contribution in [3.8, 4) is 0 Å². The molecular weight excluding hydrogens is 266 g/mol. The first-order chi connectivity index (χ1) is 9.15. The van der Waals surface area contributed by atoms with Crippen molar-refractivity contribution in [2.75, 3.05) is 19.6 Å². The summed E-state index contributed by atoms with van der Waals surface area (Å²) in [6.45, 7) is 1.07. The van der Waals surface area contributed by atoms with Crippen molar-refractivity contribution in [3.63, 3.8) is 0 Å². The highest BCUT2D eigenvalue weighted by molar-refractivity contribution is 6.30. The zero-order valence-corrected chi connectivity index (χ0v) is 11.2. The Morgan fingerprint density at radius 2 is 2.32 bits per heavy atom. The summed E-state index contributed by atoms with van der Waals surface area (Å²) < 4.78 is 0. The molecule has 2 rings (SSSR count). The van der Waals surface area contributed by atoms with Crippen LogP contribution in [0.3, 0.4) is 0 Å². The zero-order chi connectivity index (χ0) is 13.7. The zero-order valence-electron chi connectivity index (χ0n) is 10.4. The predicted octanol–water partition coefficient (Wildman–Crippen LogP) is 0.0867. The molecule has 1 aliphatic rings. The van der Waals surface area contributed by atoms with Gasteiger partial charge in [0.15, 0.2) is 0 Å². The van der Waals surface area contributed by atoms with Crippen molar-refractivity contribution < 1.29 is 9.59 Å². The number of benzene rings is 1. The maximum absolute atomic E-state index is 11.8. The second-order valence-electron chi connectivity index (χ2n) is 4.41. The largest absolute Gasteiger partial charge is 0.354 e. The van der Waals surface area contributed by atoms with E-state index in [9.17, 15) is 9.59 Å². The molecule has 1 atom stereocenters. The van der Waals surface area contributed by atoms with E-state index in [-0.39, 0.29) is 24.4 Å². The van der Waals surface area contributed by atoms with Crippen molar-refractivity contribution in [1.82, 2.24) is 16.0 Å². The number of rotatable bonds is 4. The molecule has 5 nitrogen and oxygen atoms in total. The average molecular weight is 282 g/mol. The third-order valence-corrected chi connectivity index (χ3v) is 3.17. The Labute approximate surface area is 116 Å². The van der Waals surface area contributed by atoms with Crippen molar-refractivity contribution >= 4 is 23.4 Å². The fraction of sp³-hybridized carbons (Fsp3) is 0.385. The van der Waals surface area contributed by atoms with E-state index in [1.54, 1.807) is 0 Å². The van der Waals surface area contributed by atoms with Gasteiger partial charge in [-0.05, 0) is 24.1 Å². The highest BCUT2D eigenvalue weighted by Crippen LogP contribution is 2.10. The molecule has 1 aromatic rings. The van der Waals surface area contributed by atoms with Crippen LogP contribution in [0.5, 0.6) is 0 Å². The Bertz CT molecular complexity index is 469. The number of carbonyl (C=O) groups excluding carboxylic acids is 2. The van der Waals surface area contributed by atoms with Crippen LogP contribution < -0.4 is 16.0 Å². The quantitative estimate of drug-likeness (QED) is 0.732. The highest BCUT2D eigenvalue weighted by atomic mass is 35.5. The van der Waals surface area contributed by atoms with Crippen LogP contribution >= 0.6 is 11.6 Å². The molecule has 19 heavy (non-hydrogen) atoms. The summed E-state index contributed by atoms with van der Waals surface area (Å²) >= 11 is 5.88. The minimum absolute atomic E-state index is 0.0806. The summed E-state index contributed by atoms with van der Waals surface area (Å²) in [4.78, 5) is 22.8. The van der Waals surface area contributed by atoms with Gasteiger partial charge in [-0.3, -0.25) is 14.9 Å². The number of carbonyl (C=O) groups is 2. The van der Waals surface area contributed by atoms with Crippen molar-refractivity contribution in [3.05, 3.63) is 34.9 Å². The normalized spacial score (nSPS) is 18.8. The summed E-state index contributed by atoms with van der Waals surface area (Å²) in [5, 5.41) is 9.06. The van der Waals surface area contributed by atoms with E-state index in [0.29, 0.717) is 18.1 Å². The Hall–Kier alpha value is -1.59. The third kappa shape index (κ3) is 4.22. The monoisotopic (exact) mass is 281 g/mol. The van der Waals surface area contributed by atoms with Crippen LogP contribution in [0.15, 0.2) is 24.3 Å². The van der Waals surface area contributed by atoms with Crippen LogP contribution in [-0.2, 0) is 16.0 Å². The first-order valence-corrected chi connectivity index (χ1v) is 6.55. The van der Waals surface area contributed by atoms with Gasteiger partial charge in [0.05, 0.1) is 6.54 Å². The molecule has 0 aromatic heterocycles. The topological polar surface area (TPSA) is 70.2 Å². The molecular formula is C13H16ClN3O2. The Balaban J connectivity index is 1.73. The Kier molecular flexibility index (Phi) is 4.76. The second-order valence-corrected chi connectivity index (χ2v) is 4.84. The van der Waals surface area contributed by atoms with Gasteiger partial charge in [-0.25, -0.2) is 0 Å². The molecule has 1 unspecified atom stereocenters. The van der Waals surface area contributed by atoms with Crippen molar-refractivity contribution in [1.29, 1.82) is 0 Å². The minimum Gasteiger partial charge on any atom is -0.354 e. The summed E-state index contributed by atoms with van der Waals surface area (Å²) in [6.07, 6.45) is 0.728. The van der Waals surface area contributed by atoms with E-state index in [1.165, 1.54) is 0 Å². The van der Waals surface area contributed by atoms with Crippen molar-refractivity contribution in [2.24, 2.45) is 0 Å². The fourth-order valence-electron chi connectivity index (χ4n) is 1.90. The van der Waals surface area contributed by atoms with Crippen LogP contribution in [0, 0.1) is 0 Å². The summed E-state index contributed by atoms with van der Waals surface area (Å²) in [6, 6.07) is 7.21. The highest BCUT2D eigenvalue weighted by Gasteiger charge is 2.22. The van der Waals surface area contributed by atoms with Gasteiger partial charge in [0, 0.05) is 18.1 Å². The van der Waals surface area contributed by atoms with E-state index in [1.807, 2.05) is 24.3 Å². The average Bonchev–Trinajstić information content (AvgIpc) is 2.39. The van der Waals surface area contributed by atoms with Crippen LogP contribution in [0.25, 0.3) is 0 Å². The molecule has 0 spiro atoms. The standard InChI is InChI=1S/C13H16ClN3O2/c14-10-3-1-2-9(6-10)4-5-15-13(19)11-7-17-12(18)8-16-11/h1-3,6,11,16H,4-5,7-8H2,(H,15,19)(H,17,18). The van der Waals surface area contributed by atoms with E-state index in [0.717, 1.165) is 12.0 Å². The summed E-state index contributed by atoms with van der Waals surface area (Å²) in [7, 11) is 0. The van der Waals surface area contributed by atoms with Gasteiger partial charge in [-0.1, -0.05) is 23.7 Å². The molecule has 2 amide bonds. The molecule has 1 fully saturated rings. The predicted molar refractivity (Wildman–Crippen MR) is 73.0 cm³/mol. The summed E-state index contributed by atoms with van der Waals surface area (Å²) in [5.41, 5.74) is 1.08. The van der Waals surface area contributed by atoms with E-state index >= 15 is 0 Å². The number of hydrogen-bond acceptors (Lipinski definition) is 3. The smallest absolute Gasteiger partial charge is 0.238 e. The number of nitrogens with one attached hydrogen (secondary N) is 3. The maximum Gasteiger partial charge on any atom is 0.238 e. The molecule has 1 aromatic carbocycles. The second kappa shape index (κ2) is 6.54. The number of halogens is 1. The molecule has 102 valence electrons. The van der Waals surface area contributed by atoms with E-state index < -0.39 is 0 Å². The van der Waals surface area contributed by atoms with E-state index in [4.69, 9.17) is 11.6 Å². The van der Waals surface area contributed by atoms with Gasteiger partial charge in [-0.2, -0.15) is 0 Å². The van der Waals surface area contributed by atoms with Gasteiger partial charge >= 0.3 is 0 Å². The van der Waals surface area contributed by atoms with Gasteiger partial charge in [-0.15, -0.1) is 0 Å². The molecule has 1 aliphatic heterocycles. The Morgan fingerprint density at radius 3 is 3.00 bits per heavy atom. The lowest BCUT2D eigenvalue weighted by Crippen LogP contribution is -2.58. The molecule has 0 saturated carbocycles. The molecule has 0 aliphatic carbocycles. The number of amides is 2. The minimum atomic E-state index is -0.350. The fourth-order valence-corrected chi connectivity index (χ4v) is 2.11. The number of hydrogen-bond donors (Lipinski definition) is 3. The summed E-state index contributed by atoms with van der Waals surface area (Å²) in [5.74, 6) is -0.176. The molecule has 1 heterocycles. The SMILES string of the molecule is O=C1CNC(C(=O)NCCc2cccc(Cl)c2)CN1. The first-order valence-electron chi connectivity index (χ1n) is 6.17. The van der Waals surface area contributed by atoms with Gasteiger partial charge in [0.2, 0.25) is 11.8 Å². The lowest BCUT2D eigenvalue weighted by Gasteiger charge is -2.23. The van der Waals surface area contributed by atoms with Crippen LogP contribution in [0.1, 0.15) is 5.56 Å². The first kappa shape index (κ1) is 13.8. The van der Waals surface area contributed by atoms with Crippen LogP contribution in [0.4, 0.5) is 0 Å². The molecule has 3 N–H and O–H groups in total. The lowest BCUT2D eigenvalue weighted by molar-refractivity contribution is -0.126. The van der Waals surface area contributed by atoms with Crippen molar-refractivity contribution in [2.45, 2.75) is 12.5 Å². The molecule has 0 bridgehead atoms. The van der Waals surface area contributed by atoms with Gasteiger partial charge in [0.1, 0.15) is 6.04 Å². The van der Waals surface area contributed by atoms with Gasteiger partial charge < -0.3 is 10.6 Å². The van der Waals surface area contributed by atoms with E-state index in [2.05, 4.69) is 16.0 Å². The Morgan fingerprint density at radius 1 is 1.47 bits per heavy atom. The third-order valence-electron chi connectivity index (χ3n) is 2.93. The maximum atomic E-state index is 11.8. The molecule has 1 saturated heterocycles. The van der Waals surface area contributed by atoms with Crippen LogP contribution in [0.2, 0.25) is 5.02 Å².